The van der Waals surface area contributed by atoms with E-state index in [-0.39, 0.29) is 10.0 Å². The van der Waals surface area contributed by atoms with Gasteiger partial charge in [0.15, 0.2) is 0 Å². The lowest BCUT2D eigenvalue weighted by molar-refractivity contribution is -0.908. The Hall–Kier alpha value is -0.650. The van der Waals surface area contributed by atoms with Crippen LogP contribution in [0.1, 0.15) is 46.5 Å². The van der Waals surface area contributed by atoms with Gasteiger partial charge in [-0.15, -0.1) is 0 Å². The Morgan fingerprint density at radius 3 is 2.40 bits per heavy atom. The van der Waals surface area contributed by atoms with Crippen LogP contribution in [0.4, 0.5) is 4.79 Å². The predicted molar refractivity (Wildman–Crippen MR) is 77.8 cm³/mol. The molecule has 0 aromatic rings. The lowest BCUT2D eigenvalue weighted by Crippen LogP contribution is -2.69. The Morgan fingerprint density at radius 1 is 1.20 bits per heavy atom. The molecule has 2 N–H and O–H groups in total. The van der Waals surface area contributed by atoms with Crippen molar-refractivity contribution in [2.24, 2.45) is 0 Å². The van der Waals surface area contributed by atoms with E-state index in [0.717, 1.165) is 45.4 Å². The molecule has 2 atom stereocenters. The summed E-state index contributed by atoms with van der Waals surface area (Å²) in [6.45, 7) is 9.19. The number of amides is 1. The fourth-order valence-electron chi connectivity index (χ4n) is 3.57. The Kier molecular flexibility index (Phi) is 4.72. The van der Waals surface area contributed by atoms with Crippen molar-refractivity contribution in [2.45, 2.75) is 64.1 Å². The van der Waals surface area contributed by atoms with Gasteiger partial charge in [0, 0.05) is 19.3 Å². The van der Waals surface area contributed by atoms with Crippen molar-refractivity contribution >= 4 is 6.09 Å². The maximum absolute atomic E-state index is 11.9. The van der Waals surface area contributed by atoms with Crippen LogP contribution in [-0.2, 0) is 4.74 Å². The van der Waals surface area contributed by atoms with E-state index in [1.54, 1.807) is 0 Å². The molecule has 5 heteroatoms. The Labute approximate surface area is 121 Å². The number of nitrogens with zero attached hydrogens (tertiary/aromatic N) is 1. The van der Waals surface area contributed by atoms with Gasteiger partial charge in [0.25, 0.3) is 0 Å². The standard InChI is InChI=1S/C15H28N2O3/c1-15(2,3)17(14(18)19)8-4-5-13(11-17)16-12-6-9-20-10-7-12/h12-13,16H,4-11H2,1-3H3/p+1/t13-,17?/m0/s1. The zero-order valence-electron chi connectivity index (χ0n) is 13.0. The molecule has 0 spiro atoms. The topological polar surface area (TPSA) is 58.6 Å². The van der Waals surface area contributed by atoms with E-state index in [4.69, 9.17) is 4.74 Å². The Morgan fingerprint density at radius 2 is 1.85 bits per heavy atom. The first kappa shape index (κ1) is 15.7. The molecule has 2 heterocycles. The number of carboxylic acid groups (broad SMARTS) is 1. The molecule has 2 fully saturated rings. The van der Waals surface area contributed by atoms with E-state index >= 15 is 0 Å². The molecule has 0 radical (unpaired) electrons. The Bertz CT molecular complexity index is 348. The first-order valence-corrected chi connectivity index (χ1v) is 7.80. The molecule has 2 aliphatic rings. The minimum Gasteiger partial charge on any atom is -0.435 e. The van der Waals surface area contributed by atoms with Crippen molar-refractivity contribution in [1.29, 1.82) is 0 Å². The normalized spacial score (nSPS) is 33.0. The molecule has 0 bridgehead atoms. The van der Waals surface area contributed by atoms with Gasteiger partial charge in [-0.2, -0.15) is 4.79 Å². The monoisotopic (exact) mass is 285 g/mol. The van der Waals surface area contributed by atoms with Crippen LogP contribution in [0.15, 0.2) is 0 Å². The van der Waals surface area contributed by atoms with Crippen LogP contribution in [0.25, 0.3) is 0 Å². The molecule has 5 nitrogen and oxygen atoms in total. The first-order chi connectivity index (χ1) is 9.35. The van der Waals surface area contributed by atoms with Gasteiger partial charge in [-0.3, -0.25) is 0 Å². The summed E-state index contributed by atoms with van der Waals surface area (Å²) in [5, 5.41) is 13.5. The highest BCUT2D eigenvalue weighted by molar-refractivity contribution is 5.57. The van der Waals surface area contributed by atoms with Gasteiger partial charge in [0.1, 0.15) is 12.1 Å². The van der Waals surface area contributed by atoms with Crippen LogP contribution in [0, 0.1) is 0 Å². The zero-order valence-corrected chi connectivity index (χ0v) is 13.0. The first-order valence-electron chi connectivity index (χ1n) is 7.80. The van der Waals surface area contributed by atoms with Gasteiger partial charge in [-0.25, -0.2) is 4.48 Å². The van der Waals surface area contributed by atoms with Gasteiger partial charge in [-0.1, -0.05) is 0 Å². The summed E-state index contributed by atoms with van der Waals surface area (Å²) < 4.78 is 5.56. The molecule has 2 saturated heterocycles. The van der Waals surface area contributed by atoms with Crippen LogP contribution < -0.4 is 5.32 Å². The van der Waals surface area contributed by atoms with E-state index in [0.29, 0.717) is 18.6 Å². The zero-order chi connectivity index (χ0) is 14.8. The summed E-state index contributed by atoms with van der Waals surface area (Å²) in [5.74, 6) is 0. The molecule has 0 aromatic heterocycles. The summed E-state index contributed by atoms with van der Waals surface area (Å²) in [4.78, 5) is 11.9. The number of hydrogen-bond acceptors (Lipinski definition) is 3. The SMILES string of the molecule is CC(C)(C)[N+]1(C(=O)O)CCC[C@H](NC2CCOCC2)C1. The van der Waals surface area contributed by atoms with Crippen LogP contribution in [0.5, 0.6) is 0 Å². The third-order valence-corrected chi connectivity index (χ3v) is 4.97. The Balaban J connectivity index is 2.04. The molecular formula is C15H29N2O3+. The fraction of sp³-hybridized carbons (Fsp3) is 0.933. The summed E-state index contributed by atoms with van der Waals surface area (Å²) in [5.41, 5.74) is -0.262. The number of nitrogens with one attached hydrogen (secondary N) is 1. The van der Waals surface area contributed by atoms with Crippen LogP contribution in [-0.4, -0.2) is 59.6 Å². The van der Waals surface area contributed by atoms with E-state index in [2.05, 4.69) is 5.32 Å². The fourth-order valence-corrected chi connectivity index (χ4v) is 3.57. The van der Waals surface area contributed by atoms with Crippen LogP contribution >= 0.6 is 0 Å². The highest BCUT2D eigenvalue weighted by Gasteiger charge is 2.50. The molecule has 0 aliphatic carbocycles. The average molecular weight is 285 g/mol. The maximum Gasteiger partial charge on any atom is 0.514 e. The molecule has 116 valence electrons. The highest BCUT2D eigenvalue weighted by Crippen LogP contribution is 2.31. The van der Waals surface area contributed by atoms with Crippen molar-refractivity contribution < 1.29 is 19.1 Å². The summed E-state index contributed by atoms with van der Waals surface area (Å²) in [7, 11) is 0. The average Bonchev–Trinajstić information content (AvgIpc) is 2.38. The lowest BCUT2D eigenvalue weighted by atomic mass is 9.93. The van der Waals surface area contributed by atoms with Gasteiger partial charge < -0.3 is 15.2 Å². The van der Waals surface area contributed by atoms with Crippen molar-refractivity contribution in [3.8, 4) is 0 Å². The van der Waals surface area contributed by atoms with Gasteiger partial charge in [-0.05, 0) is 46.5 Å². The number of likely N-dealkylation sites (tertiary alicyclic amines) is 1. The third kappa shape index (κ3) is 3.15. The van der Waals surface area contributed by atoms with Crippen LogP contribution in [0.3, 0.4) is 0 Å². The largest absolute Gasteiger partial charge is 0.514 e. The van der Waals surface area contributed by atoms with Crippen molar-refractivity contribution in [1.82, 2.24) is 5.32 Å². The third-order valence-electron chi connectivity index (χ3n) is 4.97. The second-order valence-electron chi connectivity index (χ2n) is 7.22. The second-order valence-corrected chi connectivity index (χ2v) is 7.22. The summed E-state index contributed by atoms with van der Waals surface area (Å²) in [6, 6.07) is 0.796. The van der Waals surface area contributed by atoms with Crippen LogP contribution in [0.2, 0.25) is 0 Å². The quantitative estimate of drug-likeness (QED) is 0.764. The molecule has 1 unspecified atom stereocenters. The van der Waals surface area contributed by atoms with Gasteiger partial charge in [0.2, 0.25) is 0 Å². The molecule has 0 saturated carbocycles. The van der Waals surface area contributed by atoms with E-state index in [1.165, 1.54) is 0 Å². The second kappa shape index (κ2) is 6.00. The molecule has 20 heavy (non-hydrogen) atoms. The highest BCUT2D eigenvalue weighted by atomic mass is 16.5. The van der Waals surface area contributed by atoms with E-state index < -0.39 is 6.09 Å². The van der Waals surface area contributed by atoms with Crippen molar-refractivity contribution in [3.63, 3.8) is 0 Å². The minimum atomic E-state index is -0.684. The molecular weight excluding hydrogens is 256 g/mol. The van der Waals surface area contributed by atoms with Crippen molar-refractivity contribution in [3.05, 3.63) is 0 Å². The molecule has 0 aromatic carbocycles. The number of ether oxygens (including phenoxy) is 1. The van der Waals surface area contributed by atoms with E-state index in [9.17, 15) is 9.90 Å². The molecule has 1 amide bonds. The number of piperidine rings is 1. The van der Waals surface area contributed by atoms with Gasteiger partial charge >= 0.3 is 6.09 Å². The number of hydrogen-bond donors (Lipinski definition) is 2. The van der Waals surface area contributed by atoms with Gasteiger partial charge in [0.05, 0.1) is 12.6 Å². The van der Waals surface area contributed by atoms with E-state index in [1.807, 2.05) is 20.8 Å². The number of quaternary nitrogens is 1. The number of carbonyl (C=O) groups is 1. The van der Waals surface area contributed by atoms with Crippen molar-refractivity contribution in [2.75, 3.05) is 26.3 Å². The predicted octanol–water partition coefficient (Wildman–Crippen LogP) is 2.21. The summed E-state index contributed by atoms with van der Waals surface area (Å²) in [6.07, 6.45) is 3.46. The molecule has 2 aliphatic heterocycles. The maximum atomic E-state index is 11.9. The summed E-state index contributed by atoms with van der Waals surface area (Å²) >= 11 is 0. The number of rotatable bonds is 2. The lowest BCUT2D eigenvalue weighted by Gasteiger charge is -2.48. The smallest absolute Gasteiger partial charge is 0.435 e. The molecule has 2 rings (SSSR count). The minimum absolute atomic E-state index is 0.174.